The number of benzene rings is 1. The number of aliphatic imine (C=N–C) groups is 1. The van der Waals surface area contributed by atoms with Gasteiger partial charge in [0.2, 0.25) is 0 Å². The van der Waals surface area contributed by atoms with Crippen molar-refractivity contribution in [2.75, 3.05) is 0 Å². The number of rotatable bonds is 3. The predicted molar refractivity (Wildman–Crippen MR) is 104 cm³/mol. The highest BCUT2D eigenvalue weighted by Crippen LogP contribution is 2.42. The van der Waals surface area contributed by atoms with Crippen LogP contribution in [-0.4, -0.2) is 26.0 Å². The lowest BCUT2D eigenvalue weighted by atomic mass is 9.99. The number of nitrogens with zero attached hydrogens (tertiary/aromatic N) is 4. The summed E-state index contributed by atoms with van der Waals surface area (Å²) in [5, 5.41) is 0. The van der Waals surface area contributed by atoms with E-state index in [4.69, 9.17) is 4.99 Å². The maximum absolute atomic E-state index is 12.1. The fourth-order valence-electron chi connectivity index (χ4n) is 3.88. The van der Waals surface area contributed by atoms with Crippen molar-refractivity contribution in [1.82, 2.24) is 14.5 Å². The molecule has 0 amide bonds. The van der Waals surface area contributed by atoms with E-state index in [9.17, 15) is 4.79 Å². The summed E-state index contributed by atoms with van der Waals surface area (Å²) in [7, 11) is 0. The van der Waals surface area contributed by atoms with Gasteiger partial charge < -0.3 is 0 Å². The van der Waals surface area contributed by atoms with Gasteiger partial charge in [-0.15, -0.1) is 0 Å². The number of hydrogen-bond acceptors (Lipinski definition) is 4. The van der Waals surface area contributed by atoms with Gasteiger partial charge in [-0.25, -0.2) is 4.98 Å². The Bertz CT molecular complexity index is 1080. The average Bonchev–Trinajstić information content (AvgIpc) is 3.45. The minimum atomic E-state index is -0.194. The molecule has 0 unspecified atom stereocenters. The van der Waals surface area contributed by atoms with Crippen molar-refractivity contribution >= 4 is 11.5 Å². The minimum Gasteiger partial charge on any atom is -0.300 e. The number of fused-ring (bicyclic) bond motifs is 3. The highest BCUT2D eigenvalue weighted by molar-refractivity contribution is 6.14. The van der Waals surface area contributed by atoms with Gasteiger partial charge in [-0.3, -0.25) is 19.3 Å². The second kappa shape index (κ2) is 5.98. The molecule has 27 heavy (non-hydrogen) atoms. The number of hydrogen-bond donors (Lipinski definition) is 0. The van der Waals surface area contributed by atoms with Crippen molar-refractivity contribution in [2.24, 2.45) is 4.99 Å². The first-order chi connectivity index (χ1) is 13.1. The van der Waals surface area contributed by atoms with Gasteiger partial charge in [0.05, 0.1) is 28.8 Å². The minimum absolute atomic E-state index is 0.0387. The van der Waals surface area contributed by atoms with Crippen LogP contribution in [-0.2, 0) is 0 Å². The first-order valence-corrected chi connectivity index (χ1v) is 9.35. The van der Waals surface area contributed by atoms with E-state index >= 15 is 0 Å². The van der Waals surface area contributed by atoms with Crippen LogP contribution >= 0.6 is 0 Å². The van der Waals surface area contributed by atoms with E-state index in [1.54, 1.807) is 19.4 Å². The second-order valence-corrected chi connectivity index (χ2v) is 7.32. The Balaban J connectivity index is 1.80. The molecule has 0 bridgehead atoms. The van der Waals surface area contributed by atoms with Gasteiger partial charge in [0.25, 0.3) is 0 Å². The summed E-state index contributed by atoms with van der Waals surface area (Å²) in [6.45, 7) is 3.57. The predicted octanol–water partition coefficient (Wildman–Crippen LogP) is 4.26. The lowest BCUT2D eigenvalue weighted by Gasteiger charge is -2.13. The average molecular weight is 356 g/mol. The summed E-state index contributed by atoms with van der Waals surface area (Å²) in [4.78, 5) is 26.1. The molecule has 1 saturated carbocycles. The lowest BCUT2D eigenvalue weighted by Crippen LogP contribution is -2.09. The van der Waals surface area contributed by atoms with Crippen molar-refractivity contribution in [3.8, 4) is 5.69 Å². The van der Waals surface area contributed by atoms with Crippen molar-refractivity contribution < 1.29 is 4.79 Å². The van der Waals surface area contributed by atoms with Crippen molar-refractivity contribution in [3.63, 3.8) is 0 Å². The van der Waals surface area contributed by atoms with Gasteiger partial charge in [0.1, 0.15) is 12.0 Å². The molecule has 0 N–H and O–H groups in total. The number of pyridine rings is 1. The molecule has 5 heteroatoms. The molecular weight excluding hydrogens is 336 g/mol. The summed E-state index contributed by atoms with van der Waals surface area (Å²) >= 11 is 0. The third-order valence-electron chi connectivity index (χ3n) is 5.35. The zero-order valence-electron chi connectivity index (χ0n) is 15.4. The molecule has 2 aromatic heterocycles. The Kier molecular flexibility index (Phi) is 3.57. The van der Waals surface area contributed by atoms with Crippen LogP contribution in [0.4, 0.5) is 0 Å². The number of carbonyl (C=O) groups is 1. The lowest BCUT2D eigenvalue weighted by molar-refractivity contribution is 0.101. The molecule has 134 valence electrons. The monoisotopic (exact) mass is 356 g/mol. The highest BCUT2D eigenvalue weighted by Gasteiger charge is 2.30. The van der Waals surface area contributed by atoms with Crippen LogP contribution in [0, 0.1) is 0 Å². The van der Waals surface area contributed by atoms with Gasteiger partial charge in [-0.2, -0.15) is 0 Å². The number of carbonyl (C=O) groups excluding carboxylic acids is 1. The van der Waals surface area contributed by atoms with Crippen LogP contribution in [0.2, 0.25) is 0 Å². The second-order valence-electron chi connectivity index (χ2n) is 7.32. The van der Waals surface area contributed by atoms with Crippen LogP contribution < -0.4 is 0 Å². The Labute approximate surface area is 157 Å². The zero-order chi connectivity index (χ0) is 18.5. The molecular formula is C22H20N4O. The normalized spacial score (nSPS) is 18.3. The number of Topliss-reactive ketones (excluding diaryl/α,β-unsaturated/α-hetero) is 1. The van der Waals surface area contributed by atoms with Gasteiger partial charge in [-0.05, 0) is 55.5 Å². The molecule has 1 aromatic carbocycles. The van der Waals surface area contributed by atoms with E-state index in [0.717, 1.165) is 28.4 Å². The standard InChI is InChI=1S/C22H20N4O/c1-13-22-20(14(2)27)24-12-26(22)19-9-8-16(15-6-7-15)11-17(19)21(25-13)18-5-3-4-10-23-18/h3-5,8-13,15H,6-7H2,1-2H3/t13-/m0/s1. The summed E-state index contributed by atoms with van der Waals surface area (Å²) in [6, 6.07) is 12.3. The molecule has 0 saturated heterocycles. The summed E-state index contributed by atoms with van der Waals surface area (Å²) in [5.41, 5.74) is 6.46. The van der Waals surface area contributed by atoms with E-state index in [1.165, 1.54) is 18.4 Å². The topological polar surface area (TPSA) is 60.1 Å². The molecule has 1 aliphatic carbocycles. The molecule has 5 rings (SSSR count). The summed E-state index contributed by atoms with van der Waals surface area (Å²) in [6.07, 6.45) is 6.03. The fourth-order valence-corrected chi connectivity index (χ4v) is 3.88. The molecule has 0 spiro atoms. The van der Waals surface area contributed by atoms with E-state index in [-0.39, 0.29) is 11.8 Å². The molecule has 5 nitrogen and oxygen atoms in total. The molecule has 0 radical (unpaired) electrons. The van der Waals surface area contributed by atoms with E-state index < -0.39 is 0 Å². The maximum atomic E-state index is 12.1. The molecule has 1 fully saturated rings. The van der Waals surface area contributed by atoms with Crippen LogP contribution in [0.25, 0.3) is 5.69 Å². The Morgan fingerprint density at radius 2 is 2.00 bits per heavy atom. The van der Waals surface area contributed by atoms with Crippen LogP contribution in [0.3, 0.4) is 0 Å². The molecule has 2 aliphatic rings. The van der Waals surface area contributed by atoms with Crippen LogP contribution in [0.5, 0.6) is 0 Å². The van der Waals surface area contributed by atoms with Gasteiger partial charge in [0, 0.05) is 18.7 Å². The molecule has 1 atom stereocenters. The van der Waals surface area contributed by atoms with Crippen LogP contribution in [0.1, 0.15) is 71.7 Å². The van der Waals surface area contributed by atoms with Crippen molar-refractivity contribution in [1.29, 1.82) is 0 Å². The van der Waals surface area contributed by atoms with Crippen LogP contribution in [0.15, 0.2) is 53.9 Å². The largest absolute Gasteiger partial charge is 0.300 e. The van der Waals surface area contributed by atoms with Gasteiger partial charge in [0.15, 0.2) is 5.78 Å². The van der Waals surface area contributed by atoms with E-state index in [0.29, 0.717) is 11.6 Å². The third-order valence-corrected chi connectivity index (χ3v) is 5.35. The Morgan fingerprint density at radius 3 is 2.70 bits per heavy atom. The van der Waals surface area contributed by atoms with E-state index in [2.05, 4.69) is 28.2 Å². The summed E-state index contributed by atoms with van der Waals surface area (Å²) in [5.74, 6) is 0.610. The van der Waals surface area contributed by atoms with Gasteiger partial charge in [-0.1, -0.05) is 12.1 Å². The quantitative estimate of drug-likeness (QED) is 0.659. The number of ketones is 1. The highest BCUT2D eigenvalue weighted by atomic mass is 16.1. The van der Waals surface area contributed by atoms with Gasteiger partial charge >= 0.3 is 0 Å². The first-order valence-electron chi connectivity index (χ1n) is 9.35. The fraction of sp³-hybridized carbons (Fsp3) is 0.273. The number of aromatic nitrogens is 3. The van der Waals surface area contributed by atoms with E-state index in [1.807, 2.05) is 29.7 Å². The third kappa shape index (κ3) is 2.62. The Morgan fingerprint density at radius 1 is 1.15 bits per heavy atom. The number of imidazole rings is 1. The van der Waals surface area contributed by atoms with Crippen molar-refractivity contribution in [3.05, 3.63) is 77.1 Å². The Hall–Kier alpha value is -3.08. The van der Waals surface area contributed by atoms with Crippen molar-refractivity contribution in [2.45, 2.75) is 38.6 Å². The summed E-state index contributed by atoms with van der Waals surface area (Å²) < 4.78 is 2.02. The smallest absolute Gasteiger partial charge is 0.180 e. The maximum Gasteiger partial charge on any atom is 0.180 e. The molecule has 3 heterocycles. The molecule has 1 aliphatic heterocycles. The zero-order valence-corrected chi connectivity index (χ0v) is 15.4. The molecule has 3 aromatic rings. The first kappa shape index (κ1) is 16.1. The SMILES string of the molecule is CC(=O)c1ncn2c1[C@H](C)N=C(c1ccccn1)c1cc(C3CC3)ccc1-2.